The summed E-state index contributed by atoms with van der Waals surface area (Å²) in [4.78, 5) is 33.0. The second kappa shape index (κ2) is 9.47. The second-order valence-corrected chi connectivity index (χ2v) is 8.80. The minimum atomic E-state index is -0.644. The van der Waals surface area contributed by atoms with Crippen LogP contribution in [-0.4, -0.2) is 69.8 Å². The first-order valence-corrected chi connectivity index (χ1v) is 10.5. The van der Waals surface area contributed by atoms with Crippen molar-refractivity contribution in [3.63, 3.8) is 0 Å². The first-order chi connectivity index (χ1) is 14.6. The van der Waals surface area contributed by atoms with E-state index in [9.17, 15) is 9.59 Å². The van der Waals surface area contributed by atoms with Crippen LogP contribution in [0.5, 0.6) is 0 Å². The molecule has 1 aliphatic rings. The van der Waals surface area contributed by atoms with Crippen molar-refractivity contribution in [3.05, 3.63) is 35.7 Å². The third-order valence-corrected chi connectivity index (χ3v) is 5.00. The smallest absolute Gasteiger partial charge is 0.408 e. The number of carbonyl (C=O) groups excluding carboxylic acids is 2. The van der Waals surface area contributed by atoms with Crippen molar-refractivity contribution in [2.45, 2.75) is 52.8 Å². The molecule has 1 aromatic heterocycles. The molecule has 9 heteroatoms. The molecule has 0 saturated carbocycles. The molecule has 1 fully saturated rings. The Bertz CT molecular complexity index is 913. The van der Waals surface area contributed by atoms with Crippen molar-refractivity contribution in [2.24, 2.45) is 0 Å². The van der Waals surface area contributed by atoms with E-state index < -0.39 is 17.7 Å². The van der Waals surface area contributed by atoms with Crippen LogP contribution in [0, 0.1) is 6.92 Å². The number of hydrogen-bond acceptors (Lipinski definition) is 7. The van der Waals surface area contributed by atoms with Crippen molar-refractivity contribution >= 4 is 12.0 Å². The number of aromatic nitrogens is 2. The van der Waals surface area contributed by atoms with Crippen molar-refractivity contribution in [1.29, 1.82) is 0 Å². The number of benzene rings is 1. The Morgan fingerprint density at radius 3 is 2.52 bits per heavy atom. The largest absolute Gasteiger partial charge is 0.444 e. The van der Waals surface area contributed by atoms with Crippen LogP contribution in [0.1, 0.15) is 39.1 Å². The van der Waals surface area contributed by atoms with Crippen LogP contribution >= 0.6 is 0 Å². The molecule has 2 aromatic rings. The molecule has 1 saturated heterocycles. The van der Waals surface area contributed by atoms with E-state index in [2.05, 4.69) is 20.4 Å². The average Bonchev–Trinajstić information content (AvgIpc) is 3.15. The number of ether oxygens (including phenoxy) is 1. The summed E-state index contributed by atoms with van der Waals surface area (Å²) in [6.07, 6.45) is -0.590. The third kappa shape index (κ3) is 6.27. The van der Waals surface area contributed by atoms with E-state index >= 15 is 0 Å². The van der Waals surface area contributed by atoms with Crippen LogP contribution in [0.3, 0.4) is 0 Å². The van der Waals surface area contributed by atoms with E-state index in [0.29, 0.717) is 44.4 Å². The lowest BCUT2D eigenvalue weighted by Gasteiger charge is -2.35. The van der Waals surface area contributed by atoms with Crippen molar-refractivity contribution in [3.8, 4) is 11.4 Å². The number of alkyl carbamates (subject to hydrolysis) is 1. The van der Waals surface area contributed by atoms with E-state index in [1.807, 2.05) is 31.2 Å². The molecule has 0 spiro atoms. The molecule has 1 aliphatic heterocycles. The molecule has 9 nitrogen and oxygen atoms in total. The quantitative estimate of drug-likeness (QED) is 0.780. The minimum absolute atomic E-state index is 0.120. The monoisotopic (exact) mass is 429 g/mol. The van der Waals surface area contributed by atoms with Gasteiger partial charge in [0.1, 0.15) is 11.6 Å². The first-order valence-electron chi connectivity index (χ1n) is 10.5. The lowest BCUT2D eigenvalue weighted by atomic mass is 10.1. The van der Waals surface area contributed by atoms with Gasteiger partial charge < -0.3 is 19.5 Å². The van der Waals surface area contributed by atoms with E-state index in [1.54, 1.807) is 32.6 Å². The fourth-order valence-electron chi connectivity index (χ4n) is 3.39. The highest BCUT2D eigenvalue weighted by molar-refractivity contribution is 5.85. The molecule has 1 N–H and O–H groups in total. The molecule has 0 bridgehead atoms. The number of piperazine rings is 1. The van der Waals surface area contributed by atoms with Gasteiger partial charge in [-0.2, -0.15) is 4.98 Å². The van der Waals surface area contributed by atoms with Crippen molar-refractivity contribution in [2.75, 3.05) is 26.2 Å². The summed E-state index contributed by atoms with van der Waals surface area (Å²) in [5, 5.41) is 6.71. The predicted octanol–water partition coefficient (Wildman–Crippen LogP) is 2.60. The van der Waals surface area contributed by atoms with Gasteiger partial charge in [-0.15, -0.1) is 0 Å². The molecule has 31 heavy (non-hydrogen) atoms. The van der Waals surface area contributed by atoms with Crippen LogP contribution in [0.25, 0.3) is 11.4 Å². The highest BCUT2D eigenvalue weighted by atomic mass is 16.6. The summed E-state index contributed by atoms with van der Waals surface area (Å²) in [6.45, 7) is 12.1. The molecule has 2 heterocycles. The maximum Gasteiger partial charge on any atom is 0.408 e. The van der Waals surface area contributed by atoms with Gasteiger partial charge in [0.05, 0.1) is 6.54 Å². The van der Waals surface area contributed by atoms with Gasteiger partial charge in [0.25, 0.3) is 0 Å². The summed E-state index contributed by atoms with van der Waals surface area (Å²) in [7, 11) is 0. The van der Waals surface area contributed by atoms with Gasteiger partial charge in [0.2, 0.25) is 17.6 Å². The normalized spacial score (nSPS) is 16.1. The van der Waals surface area contributed by atoms with Gasteiger partial charge in [-0.3, -0.25) is 9.69 Å². The predicted molar refractivity (Wildman–Crippen MR) is 115 cm³/mol. The van der Waals surface area contributed by atoms with E-state index in [-0.39, 0.29) is 5.91 Å². The number of nitrogens with one attached hydrogen (secondary N) is 1. The summed E-state index contributed by atoms with van der Waals surface area (Å²) in [5.41, 5.74) is 1.45. The lowest BCUT2D eigenvalue weighted by molar-refractivity contribution is -0.134. The Hall–Kier alpha value is -2.94. The second-order valence-electron chi connectivity index (χ2n) is 8.80. The lowest BCUT2D eigenvalue weighted by Crippen LogP contribution is -2.54. The topological polar surface area (TPSA) is 101 Å². The highest BCUT2D eigenvalue weighted by Gasteiger charge is 2.28. The maximum absolute atomic E-state index is 12.7. The summed E-state index contributed by atoms with van der Waals surface area (Å²) >= 11 is 0. The number of amides is 2. The highest BCUT2D eigenvalue weighted by Crippen LogP contribution is 2.20. The maximum atomic E-state index is 12.7. The summed E-state index contributed by atoms with van der Waals surface area (Å²) in [5.74, 6) is 1.02. The van der Waals surface area contributed by atoms with E-state index in [1.165, 1.54) is 0 Å². The standard InChI is InChI=1S/C22H31N5O4/c1-15-8-6-7-9-17(15)19-24-18(31-25-19)14-26-10-12-27(13-11-26)20(28)16(2)23-21(29)30-22(3,4)5/h6-9,16H,10-14H2,1-5H3,(H,23,29). The van der Waals surface area contributed by atoms with E-state index in [4.69, 9.17) is 9.26 Å². The molecule has 0 aliphatic carbocycles. The Balaban J connectivity index is 1.48. The molecule has 0 radical (unpaired) electrons. The zero-order valence-corrected chi connectivity index (χ0v) is 18.8. The Morgan fingerprint density at radius 1 is 1.19 bits per heavy atom. The van der Waals surface area contributed by atoms with Crippen LogP contribution in [-0.2, 0) is 16.1 Å². The number of aryl methyl sites for hydroxylation is 1. The molecule has 1 atom stereocenters. The number of nitrogens with zero attached hydrogens (tertiary/aromatic N) is 4. The molecule has 1 unspecified atom stereocenters. The SMILES string of the molecule is Cc1ccccc1-c1noc(CN2CCN(C(=O)C(C)NC(=O)OC(C)(C)C)CC2)n1. The van der Waals surface area contributed by atoms with Gasteiger partial charge in [-0.05, 0) is 40.2 Å². The van der Waals surface area contributed by atoms with Gasteiger partial charge in [0.15, 0.2) is 0 Å². The van der Waals surface area contributed by atoms with Crippen LogP contribution in [0.4, 0.5) is 4.79 Å². The van der Waals surface area contributed by atoms with Crippen LogP contribution in [0.2, 0.25) is 0 Å². The van der Waals surface area contributed by atoms with Gasteiger partial charge in [-0.1, -0.05) is 29.4 Å². The fraction of sp³-hybridized carbons (Fsp3) is 0.545. The van der Waals surface area contributed by atoms with Gasteiger partial charge >= 0.3 is 6.09 Å². The molecular weight excluding hydrogens is 398 g/mol. The van der Waals surface area contributed by atoms with Crippen LogP contribution < -0.4 is 5.32 Å². The van der Waals surface area contributed by atoms with Gasteiger partial charge in [0, 0.05) is 31.7 Å². The molecule has 2 amide bonds. The molecule has 168 valence electrons. The van der Waals surface area contributed by atoms with Crippen LogP contribution in [0.15, 0.2) is 28.8 Å². The number of carbonyl (C=O) groups is 2. The fourth-order valence-corrected chi connectivity index (χ4v) is 3.39. The molecule has 3 rings (SSSR count). The minimum Gasteiger partial charge on any atom is -0.444 e. The summed E-state index contributed by atoms with van der Waals surface area (Å²) in [6, 6.07) is 7.27. The zero-order chi connectivity index (χ0) is 22.6. The zero-order valence-electron chi connectivity index (χ0n) is 18.8. The Labute approximate surface area is 182 Å². The number of hydrogen-bond donors (Lipinski definition) is 1. The Morgan fingerprint density at radius 2 is 1.87 bits per heavy atom. The van der Waals surface area contributed by atoms with E-state index in [0.717, 1.165) is 11.1 Å². The van der Waals surface area contributed by atoms with Crippen molar-refractivity contribution in [1.82, 2.24) is 25.3 Å². The average molecular weight is 430 g/mol. The summed E-state index contributed by atoms with van der Waals surface area (Å²) < 4.78 is 10.6. The molecule has 1 aromatic carbocycles. The number of rotatable bonds is 5. The van der Waals surface area contributed by atoms with Crippen molar-refractivity contribution < 1.29 is 18.8 Å². The first kappa shape index (κ1) is 22.7. The molecular formula is C22H31N5O4. The Kier molecular flexibility index (Phi) is 6.94. The van der Waals surface area contributed by atoms with Gasteiger partial charge in [-0.25, -0.2) is 4.79 Å². The third-order valence-electron chi connectivity index (χ3n) is 5.00.